The number of H-pyrrole nitrogens is 1. The lowest BCUT2D eigenvalue weighted by atomic mass is 9.85. The van der Waals surface area contributed by atoms with E-state index in [1.807, 2.05) is 37.2 Å². The van der Waals surface area contributed by atoms with Crippen molar-refractivity contribution in [3.8, 4) is 11.5 Å². The number of likely N-dealkylation sites (tertiary alicyclic amines) is 2. The Hall–Kier alpha value is -4.96. The number of imidazole rings is 1. The number of rotatable bonds is 14. The maximum Gasteiger partial charge on any atom is 0.246 e. The van der Waals surface area contributed by atoms with Gasteiger partial charge in [-0.2, -0.15) is 0 Å². The van der Waals surface area contributed by atoms with E-state index >= 15 is 4.39 Å². The first-order valence-corrected chi connectivity index (χ1v) is 20.6. The molecule has 4 aromatic rings. The SMILES string of the molecule is CCC(NC(=O)C(C)NC)C(=O)N1CCCC1Cc1c(-c2nc3cc(F)ccc3n2CC2CC(F)CN2C(=O)C(NC(=O)C(C)NC)C(C)(C)C)[nH]c2cc(F)ccc12. The minimum Gasteiger partial charge on any atom is -0.352 e. The smallest absolute Gasteiger partial charge is 0.246 e. The van der Waals surface area contributed by atoms with Crippen LogP contribution in [0.1, 0.15) is 72.8 Å². The first kappa shape index (κ1) is 43.6. The molecule has 13 nitrogen and oxygen atoms in total. The number of halogens is 3. The number of alkyl halides is 1. The van der Waals surface area contributed by atoms with Gasteiger partial charge in [-0.15, -0.1) is 0 Å². The van der Waals surface area contributed by atoms with Gasteiger partial charge in [0.2, 0.25) is 23.6 Å². The molecule has 4 heterocycles. The molecule has 4 amide bonds. The maximum absolute atomic E-state index is 15.5. The maximum atomic E-state index is 15.5. The van der Waals surface area contributed by atoms with Crippen LogP contribution >= 0.6 is 0 Å². The van der Waals surface area contributed by atoms with E-state index in [0.717, 1.165) is 17.4 Å². The van der Waals surface area contributed by atoms with Crippen LogP contribution in [-0.4, -0.2) is 118 Å². The Kier molecular flexibility index (Phi) is 13.1. The Morgan fingerprint density at radius 3 is 2.24 bits per heavy atom. The highest BCUT2D eigenvalue weighted by Crippen LogP contribution is 2.37. The monoisotopic (exact) mass is 821 g/mol. The first-order valence-electron chi connectivity index (χ1n) is 20.6. The highest BCUT2D eigenvalue weighted by atomic mass is 19.1. The Labute approximate surface area is 343 Å². The number of hydrogen-bond acceptors (Lipinski definition) is 7. The van der Waals surface area contributed by atoms with Crippen molar-refractivity contribution in [2.24, 2.45) is 5.41 Å². The molecule has 0 radical (unpaired) electrons. The molecule has 0 bridgehead atoms. The number of carbonyl (C=O) groups is 4. The predicted octanol–water partition coefficient (Wildman–Crippen LogP) is 4.58. The number of benzene rings is 2. The topological polar surface area (TPSA) is 156 Å². The van der Waals surface area contributed by atoms with Gasteiger partial charge in [0, 0.05) is 42.5 Å². The number of aromatic amines is 1. The molecule has 2 saturated heterocycles. The fourth-order valence-corrected chi connectivity index (χ4v) is 8.38. The van der Waals surface area contributed by atoms with E-state index < -0.39 is 59.3 Å². The van der Waals surface area contributed by atoms with E-state index in [9.17, 15) is 28.0 Å². The van der Waals surface area contributed by atoms with Crippen LogP contribution in [0.15, 0.2) is 36.4 Å². The third-order valence-electron chi connectivity index (χ3n) is 12.0. The second kappa shape index (κ2) is 17.7. The lowest BCUT2D eigenvalue weighted by Gasteiger charge is -2.36. The summed E-state index contributed by atoms with van der Waals surface area (Å²) in [7, 11) is 3.33. The zero-order valence-electron chi connectivity index (χ0n) is 35.2. The van der Waals surface area contributed by atoms with Gasteiger partial charge < -0.3 is 40.6 Å². The van der Waals surface area contributed by atoms with Gasteiger partial charge in [-0.25, -0.2) is 18.2 Å². The minimum absolute atomic E-state index is 0.0237. The lowest BCUT2D eigenvalue weighted by molar-refractivity contribution is -0.140. The van der Waals surface area contributed by atoms with Gasteiger partial charge >= 0.3 is 0 Å². The highest BCUT2D eigenvalue weighted by molar-refractivity contribution is 5.93. The zero-order chi connectivity index (χ0) is 42.9. The van der Waals surface area contributed by atoms with Crippen LogP contribution in [-0.2, 0) is 32.1 Å². The van der Waals surface area contributed by atoms with E-state index in [1.165, 1.54) is 29.2 Å². The van der Waals surface area contributed by atoms with Crippen molar-refractivity contribution in [2.45, 2.75) is 123 Å². The molecule has 2 aliphatic rings. The van der Waals surface area contributed by atoms with E-state index in [-0.39, 0.29) is 43.3 Å². The summed E-state index contributed by atoms with van der Waals surface area (Å²) in [6, 6.07) is 5.02. The van der Waals surface area contributed by atoms with E-state index in [2.05, 4.69) is 26.3 Å². The lowest BCUT2D eigenvalue weighted by Crippen LogP contribution is -2.58. The van der Waals surface area contributed by atoms with Crippen molar-refractivity contribution in [3.63, 3.8) is 0 Å². The quantitative estimate of drug-likeness (QED) is 0.125. The molecule has 2 fully saturated rings. The molecule has 7 atom stereocenters. The van der Waals surface area contributed by atoms with Gasteiger partial charge in [-0.1, -0.05) is 27.7 Å². The molecular formula is C43H58F3N9O4. The molecule has 0 aliphatic carbocycles. The number of likely N-dealkylation sites (N-methyl/N-ethyl adjacent to an activating group) is 2. The molecular weight excluding hydrogens is 764 g/mol. The van der Waals surface area contributed by atoms with Gasteiger partial charge in [0.05, 0.1) is 41.4 Å². The predicted molar refractivity (Wildman–Crippen MR) is 221 cm³/mol. The van der Waals surface area contributed by atoms with Crippen molar-refractivity contribution in [3.05, 3.63) is 53.6 Å². The molecule has 2 aromatic heterocycles. The van der Waals surface area contributed by atoms with Crippen molar-refractivity contribution in [1.29, 1.82) is 0 Å². The molecule has 0 saturated carbocycles. The molecule has 0 spiro atoms. The standard InChI is InChI=1S/C43H58F3N9O4/c1-9-32(51-39(56)23(2)47-7)41(58)53-16-10-11-28(53)20-31-30-14-12-25(44)18-33(30)49-36(31)38-50-34-19-26(45)13-15-35(34)55(38)22-29-17-27(46)21-54(29)42(59)37(43(4,5)6)52-40(57)24(3)48-8/h12-15,18-19,23-24,27-29,32,37,47-49H,9-11,16-17,20-22H2,1-8H3,(H,51,56)(H,52,57). The fraction of sp³-hybridized carbons (Fsp3) is 0.558. The molecule has 2 aromatic carbocycles. The van der Waals surface area contributed by atoms with Crippen LogP contribution in [0.25, 0.3) is 33.5 Å². The van der Waals surface area contributed by atoms with Crippen molar-refractivity contribution in [2.75, 3.05) is 27.2 Å². The fourth-order valence-electron chi connectivity index (χ4n) is 8.38. The van der Waals surface area contributed by atoms with Crippen molar-refractivity contribution in [1.82, 2.24) is 45.6 Å². The average molecular weight is 822 g/mol. The zero-order valence-corrected chi connectivity index (χ0v) is 35.2. The van der Waals surface area contributed by atoms with Gasteiger partial charge in [-0.05, 0) is 94.9 Å². The summed E-state index contributed by atoms with van der Waals surface area (Å²) >= 11 is 0. The number of nitrogens with one attached hydrogen (secondary N) is 5. The van der Waals surface area contributed by atoms with Crippen LogP contribution in [0, 0.1) is 17.0 Å². The normalized spacial score (nSPS) is 20.6. The Bertz CT molecular complexity index is 2200. The summed E-state index contributed by atoms with van der Waals surface area (Å²) in [6.45, 7) is 11.2. The third-order valence-corrected chi connectivity index (χ3v) is 12.0. The molecule has 7 unspecified atom stereocenters. The van der Waals surface area contributed by atoms with Crippen LogP contribution in [0.5, 0.6) is 0 Å². The van der Waals surface area contributed by atoms with Crippen LogP contribution in [0.4, 0.5) is 13.2 Å². The number of carbonyl (C=O) groups excluding carboxylic acids is 4. The summed E-state index contributed by atoms with van der Waals surface area (Å²) in [4.78, 5) is 65.9. The summed E-state index contributed by atoms with van der Waals surface area (Å²) in [5, 5.41) is 12.3. The van der Waals surface area contributed by atoms with Gasteiger partial charge in [0.1, 0.15) is 29.9 Å². The molecule has 16 heteroatoms. The van der Waals surface area contributed by atoms with E-state index in [4.69, 9.17) is 4.98 Å². The van der Waals surface area contributed by atoms with Crippen molar-refractivity contribution < 1.29 is 32.3 Å². The van der Waals surface area contributed by atoms with Gasteiger partial charge in [0.15, 0.2) is 5.82 Å². The van der Waals surface area contributed by atoms with Gasteiger partial charge in [0.25, 0.3) is 0 Å². The second-order valence-electron chi connectivity index (χ2n) is 17.2. The Morgan fingerprint density at radius 2 is 1.58 bits per heavy atom. The van der Waals surface area contributed by atoms with E-state index in [0.29, 0.717) is 53.9 Å². The van der Waals surface area contributed by atoms with Crippen LogP contribution < -0.4 is 21.3 Å². The summed E-state index contributed by atoms with van der Waals surface area (Å²) in [6.07, 6.45) is 0.894. The summed E-state index contributed by atoms with van der Waals surface area (Å²) in [5.41, 5.74) is 1.96. The number of amides is 4. The minimum atomic E-state index is -1.33. The highest BCUT2D eigenvalue weighted by Gasteiger charge is 2.43. The number of nitrogens with zero attached hydrogens (tertiary/aromatic N) is 4. The largest absolute Gasteiger partial charge is 0.352 e. The van der Waals surface area contributed by atoms with Crippen LogP contribution in [0.2, 0.25) is 0 Å². The molecule has 2 aliphatic heterocycles. The molecule has 6 rings (SSSR count). The van der Waals surface area contributed by atoms with E-state index in [1.54, 1.807) is 40.1 Å². The molecule has 59 heavy (non-hydrogen) atoms. The molecule has 320 valence electrons. The Morgan fingerprint density at radius 1 is 0.915 bits per heavy atom. The summed E-state index contributed by atoms with van der Waals surface area (Å²) in [5.74, 6) is -1.81. The second-order valence-corrected chi connectivity index (χ2v) is 17.2. The molecule has 5 N–H and O–H groups in total. The third kappa shape index (κ3) is 9.13. The average Bonchev–Trinajstić information content (AvgIpc) is 3.98. The number of hydrogen-bond donors (Lipinski definition) is 5. The first-order chi connectivity index (χ1) is 27.9. The van der Waals surface area contributed by atoms with Gasteiger partial charge in [-0.3, -0.25) is 19.2 Å². The summed E-state index contributed by atoms with van der Waals surface area (Å²) < 4.78 is 47.0. The number of fused-ring (bicyclic) bond motifs is 2. The Balaban J connectivity index is 1.40. The number of aromatic nitrogens is 3. The van der Waals surface area contributed by atoms with Crippen LogP contribution in [0.3, 0.4) is 0 Å². The van der Waals surface area contributed by atoms with Crippen molar-refractivity contribution >= 4 is 45.6 Å².